The summed E-state index contributed by atoms with van der Waals surface area (Å²) in [5.74, 6) is -0.223. The number of alkyl halides is 1. The van der Waals surface area contributed by atoms with Crippen LogP contribution in [0.2, 0.25) is 0 Å². The Kier molecular flexibility index (Phi) is 16.6. The quantitative estimate of drug-likeness (QED) is 0.135. The van der Waals surface area contributed by atoms with Crippen LogP contribution in [0.4, 0.5) is 0 Å². The van der Waals surface area contributed by atoms with Crippen molar-refractivity contribution in [1.29, 1.82) is 0 Å². The van der Waals surface area contributed by atoms with E-state index < -0.39 is 0 Å². The molecule has 0 aliphatic rings. The van der Waals surface area contributed by atoms with E-state index in [-0.39, 0.29) is 12.6 Å². The van der Waals surface area contributed by atoms with Crippen LogP contribution < -0.4 is 0 Å². The van der Waals surface area contributed by atoms with E-state index in [1.807, 2.05) is 22.6 Å². The first-order valence-corrected chi connectivity index (χ1v) is 7.97. The second-order valence-electron chi connectivity index (χ2n) is 3.55. The van der Waals surface area contributed by atoms with Crippen molar-refractivity contribution in [1.82, 2.24) is 0 Å². The minimum Gasteiger partial charge on any atom is -0.463 e. The molecule has 20 heavy (non-hydrogen) atoms. The van der Waals surface area contributed by atoms with E-state index in [1.165, 1.54) is 0 Å². The molecule has 0 spiro atoms. The van der Waals surface area contributed by atoms with E-state index in [0.29, 0.717) is 57.3 Å². The zero-order valence-corrected chi connectivity index (χ0v) is 13.8. The molecule has 7 heteroatoms. The zero-order chi connectivity index (χ0) is 14.9. The Balaban J connectivity index is 2.99. The van der Waals surface area contributed by atoms with Crippen molar-refractivity contribution in [3.8, 4) is 0 Å². The lowest BCUT2D eigenvalue weighted by atomic mass is 10.6. The molecule has 0 atom stereocenters. The second kappa shape index (κ2) is 16.8. The fraction of sp³-hybridized carbons (Fsp3) is 0.769. The number of hydrogen-bond donors (Lipinski definition) is 0. The van der Waals surface area contributed by atoms with Crippen molar-refractivity contribution >= 4 is 28.6 Å². The van der Waals surface area contributed by atoms with Gasteiger partial charge in [0, 0.05) is 0 Å². The molecule has 0 N–H and O–H groups in total. The van der Waals surface area contributed by atoms with Crippen molar-refractivity contribution in [2.75, 3.05) is 63.9 Å². The topological polar surface area (TPSA) is 63.2 Å². The monoisotopic (exact) mass is 402 g/mol. The summed E-state index contributed by atoms with van der Waals surface area (Å²) in [6, 6.07) is 0. The fourth-order valence-corrected chi connectivity index (χ4v) is 1.30. The van der Waals surface area contributed by atoms with Crippen molar-refractivity contribution in [3.63, 3.8) is 0 Å². The number of hydrogen-bond acceptors (Lipinski definition) is 6. The van der Waals surface area contributed by atoms with E-state index in [1.54, 1.807) is 6.08 Å². The minimum atomic E-state index is -0.223. The molecule has 0 amide bonds. The van der Waals surface area contributed by atoms with Gasteiger partial charge in [-0.15, -0.1) is 6.58 Å². The highest BCUT2D eigenvalue weighted by molar-refractivity contribution is 14.1. The number of carbonyl (C=O) groups excluding carboxylic acids is 1. The van der Waals surface area contributed by atoms with Crippen LogP contribution >= 0.6 is 22.6 Å². The third kappa shape index (κ3) is 15.8. The van der Waals surface area contributed by atoms with Gasteiger partial charge in [0.25, 0.3) is 0 Å². The van der Waals surface area contributed by atoms with Gasteiger partial charge in [-0.05, 0) is 0 Å². The molecule has 0 bridgehead atoms. The number of halogens is 1. The maximum Gasteiger partial charge on any atom is 0.315 e. The van der Waals surface area contributed by atoms with Gasteiger partial charge < -0.3 is 23.7 Å². The largest absolute Gasteiger partial charge is 0.463 e. The molecule has 0 aromatic rings. The molecule has 118 valence electrons. The Morgan fingerprint density at radius 2 is 1.30 bits per heavy atom. The summed E-state index contributed by atoms with van der Waals surface area (Å²) < 4.78 is 26.2. The van der Waals surface area contributed by atoms with Crippen LogP contribution in [0.3, 0.4) is 0 Å². The SMILES string of the molecule is C=CCOCCOCCOCCOCCOC(=O)CI. The summed E-state index contributed by atoms with van der Waals surface area (Å²) in [6.45, 7) is 7.91. The Morgan fingerprint density at radius 3 is 1.75 bits per heavy atom. The molecule has 0 unspecified atom stereocenters. The number of rotatable bonds is 15. The number of carbonyl (C=O) groups is 1. The highest BCUT2D eigenvalue weighted by atomic mass is 127. The van der Waals surface area contributed by atoms with E-state index in [9.17, 15) is 4.79 Å². The maximum absolute atomic E-state index is 10.8. The van der Waals surface area contributed by atoms with Gasteiger partial charge in [0.2, 0.25) is 0 Å². The molecular weight excluding hydrogens is 379 g/mol. The van der Waals surface area contributed by atoms with Gasteiger partial charge >= 0.3 is 5.97 Å². The van der Waals surface area contributed by atoms with Gasteiger partial charge in [0.1, 0.15) is 6.61 Å². The summed E-state index contributed by atoms with van der Waals surface area (Å²) in [5, 5.41) is 0. The maximum atomic E-state index is 10.8. The average Bonchev–Trinajstić information content (AvgIpc) is 2.47. The van der Waals surface area contributed by atoms with E-state index in [4.69, 9.17) is 23.7 Å². The first kappa shape index (κ1) is 19.8. The molecule has 0 heterocycles. The molecule has 0 aromatic heterocycles. The zero-order valence-electron chi connectivity index (χ0n) is 11.7. The van der Waals surface area contributed by atoms with Crippen LogP contribution in [-0.4, -0.2) is 69.9 Å². The molecule has 0 aliphatic heterocycles. The molecule has 0 rings (SSSR count). The van der Waals surface area contributed by atoms with Gasteiger partial charge in [0.15, 0.2) is 0 Å². The van der Waals surface area contributed by atoms with Crippen LogP contribution in [-0.2, 0) is 28.5 Å². The lowest BCUT2D eigenvalue weighted by molar-refractivity contribution is -0.141. The molecule has 0 saturated carbocycles. The Labute approximate surface area is 133 Å². The van der Waals surface area contributed by atoms with Crippen LogP contribution in [0.5, 0.6) is 0 Å². The normalized spacial score (nSPS) is 10.4. The van der Waals surface area contributed by atoms with Crippen LogP contribution in [0.25, 0.3) is 0 Å². The second-order valence-corrected chi connectivity index (χ2v) is 4.32. The van der Waals surface area contributed by atoms with Crippen molar-refractivity contribution in [2.24, 2.45) is 0 Å². The summed E-state index contributed by atoms with van der Waals surface area (Å²) in [5.41, 5.74) is 0. The summed E-state index contributed by atoms with van der Waals surface area (Å²) in [6.07, 6.45) is 1.70. The molecule has 0 radical (unpaired) electrons. The van der Waals surface area contributed by atoms with Crippen molar-refractivity contribution in [2.45, 2.75) is 0 Å². The molecule has 0 aromatic carbocycles. The van der Waals surface area contributed by atoms with Gasteiger partial charge in [-0.3, -0.25) is 4.79 Å². The third-order valence-electron chi connectivity index (χ3n) is 1.95. The first-order valence-electron chi connectivity index (χ1n) is 6.44. The van der Waals surface area contributed by atoms with Gasteiger partial charge in [-0.1, -0.05) is 28.7 Å². The van der Waals surface area contributed by atoms with Gasteiger partial charge in [-0.2, -0.15) is 0 Å². The lowest BCUT2D eigenvalue weighted by Crippen LogP contribution is -2.14. The lowest BCUT2D eigenvalue weighted by Gasteiger charge is -2.07. The Bertz CT molecular complexity index is 237. The van der Waals surface area contributed by atoms with Crippen molar-refractivity contribution < 1.29 is 28.5 Å². The summed E-state index contributed by atoms with van der Waals surface area (Å²) in [7, 11) is 0. The molecule has 0 fully saturated rings. The summed E-state index contributed by atoms with van der Waals surface area (Å²) >= 11 is 1.95. The molecule has 6 nitrogen and oxygen atoms in total. The number of ether oxygens (including phenoxy) is 5. The highest BCUT2D eigenvalue weighted by Crippen LogP contribution is 1.87. The standard InChI is InChI=1S/C13H23IO6/c1-2-3-16-4-5-17-6-7-18-8-9-19-10-11-20-13(15)12-14/h2H,1,3-12H2. The first-order chi connectivity index (χ1) is 9.81. The predicted octanol–water partition coefficient (Wildman–Crippen LogP) is 1.22. The fourth-order valence-electron chi connectivity index (χ4n) is 1.08. The van der Waals surface area contributed by atoms with Gasteiger partial charge in [-0.25, -0.2) is 0 Å². The minimum absolute atomic E-state index is 0.223. The van der Waals surface area contributed by atoms with Crippen LogP contribution in [0, 0.1) is 0 Å². The molecular formula is C13H23IO6. The summed E-state index contributed by atoms with van der Waals surface area (Å²) in [4.78, 5) is 10.8. The van der Waals surface area contributed by atoms with Crippen LogP contribution in [0.1, 0.15) is 0 Å². The van der Waals surface area contributed by atoms with E-state index in [0.717, 1.165) is 0 Å². The number of esters is 1. The highest BCUT2D eigenvalue weighted by Gasteiger charge is 1.98. The van der Waals surface area contributed by atoms with E-state index in [2.05, 4.69) is 6.58 Å². The Morgan fingerprint density at radius 1 is 0.850 bits per heavy atom. The van der Waals surface area contributed by atoms with Crippen molar-refractivity contribution in [3.05, 3.63) is 12.7 Å². The van der Waals surface area contributed by atoms with Crippen LogP contribution in [0.15, 0.2) is 12.7 Å². The Hall–Kier alpha value is -0.220. The predicted molar refractivity (Wildman–Crippen MR) is 83.3 cm³/mol. The third-order valence-corrected chi connectivity index (χ3v) is 2.57. The average molecular weight is 402 g/mol. The van der Waals surface area contributed by atoms with E-state index >= 15 is 0 Å². The van der Waals surface area contributed by atoms with Gasteiger partial charge in [0.05, 0.1) is 57.3 Å². The smallest absolute Gasteiger partial charge is 0.315 e. The molecule has 0 aliphatic carbocycles. The molecule has 0 saturated heterocycles.